The Balaban J connectivity index is 1.46. The molecular formula is C20H23ClN6O5S. The van der Waals surface area contributed by atoms with Crippen molar-refractivity contribution in [2.24, 2.45) is 5.73 Å². The Kier molecular flexibility index (Phi) is 7.32. The van der Waals surface area contributed by atoms with Crippen molar-refractivity contribution in [3.05, 3.63) is 41.9 Å². The molecule has 11 nitrogen and oxygen atoms in total. The fourth-order valence-corrected chi connectivity index (χ4v) is 4.65. The summed E-state index contributed by atoms with van der Waals surface area (Å²) in [6.07, 6.45) is -0.721. The number of aromatic nitrogens is 4. The highest BCUT2D eigenvalue weighted by atomic mass is 35.5. The third kappa shape index (κ3) is 5.21. The lowest BCUT2D eigenvalue weighted by molar-refractivity contribution is -0.138. The van der Waals surface area contributed by atoms with Gasteiger partial charge in [-0.1, -0.05) is 11.6 Å². The van der Waals surface area contributed by atoms with Crippen LogP contribution in [-0.2, 0) is 9.53 Å². The highest BCUT2D eigenvalue weighted by Crippen LogP contribution is 2.34. The fraction of sp³-hybridized carbons (Fsp3) is 0.400. The quantitative estimate of drug-likeness (QED) is 0.272. The molecule has 0 amide bonds. The molecule has 2 aromatic heterocycles. The maximum absolute atomic E-state index is 10.8. The number of hydrogen-bond donors (Lipinski definition) is 5. The molecule has 0 saturated carbocycles. The Labute approximate surface area is 198 Å². The van der Waals surface area contributed by atoms with E-state index in [1.165, 1.54) is 24.4 Å². The minimum absolute atomic E-state index is 0.293. The van der Waals surface area contributed by atoms with Crippen LogP contribution < -0.4 is 11.1 Å². The molecule has 1 aliphatic heterocycles. The van der Waals surface area contributed by atoms with Crippen LogP contribution >= 0.6 is 23.4 Å². The van der Waals surface area contributed by atoms with E-state index in [-0.39, 0.29) is 0 Å². The molecule has 0 bridgehead atoms. The zero-order chi connectivity index (χ0) is 23.5. The standard InChI is InChI=1S/C20H23ClN6O5S/c21-10-1-3-11(4-2-10)26-17-14-18(24-8-23-17)27(9-25-14)19-16(29)15(28)13(32-19)7-33-6-5-12(22)20(30)31/h1-4,8-9,12-13,15-16,19,28-29H,5-7,22H2,(H,30,31)(H,23,24,26)/t12-,13+,15+,16+,19+/m0/s1. The molecule has 1 fully saturated rings. The number of carbonyl (C=O) groups is 1. The van der Waals surface area contributed by atoms with E-state index >= 15 is 0 Å². The van der Waals surface area contributed by atoms with Gasteiger partial charge < -0.3 is 31.1 Å². The first-order valence-electron chi connectivity index (χ1n) is 10.1. The fourth-order valence-electron chi connectivity index (χ4n) is 3.43. The molecule has 6 N–H and O–H groups in total. The third-order valence-corrected chi connectivity index (χ3v) is 6.59. The second kappa shape index (κ2) is 10.2. The number of nitrogens with zero attached hydrogens (tertiary/aromatic N) is 4. The minimum atomic E-state index is -1.20. The molecule has 0 spiro atoms. The summed E-state index contributed by atoms with van der Waals surface area (Å²) in [6.45, 7) is 0. The first-order valence-corrected chi connectivity index (χ1v) is 11.7. The number of carboxylic acids is 1. The zero-order valence-corrected chi connectivity index (χ0v) is 18.9. The van der Waals surface area contributed by atoms with Crippen LogP contribution in [0.15, 0.2) is 36.9 Å². The molecule has 13 heteroatoms. The molecule has 1 saturated heterocycles. The Morgan fingerprint density at radius 1 is 1.24 bits per heavy atom. The number of benzene rings is 1. The number of aliphatic carboxylic acids is 1. The molecule has 0 aliphatic carbocycles. The van der Waals surface area contributed by atoms with Gasteiger partial charge >= 0.3 is 5.97 Å². The summed E-state index contributed by atoms with van der Waals surface area (Å²) in [6, 6.07) is 6.17. The summed E-state index contributed by atoms with van der Waals surface area (Å²) in [5.41, 5.74) is 7.16. The van der Waals surface area contributed by atoms with Crippen LogP contribution in [0.1, 0.15) is 12.6 Å². The Morgan fingerprint density at radius 3 is 2.73 bits per heavy atom. The van der Waals surface area contributed by atoms with Crippen molar-refractivity contribution in [2.75, 3.05) is 16.8 Å². The molecule has 1 aliphatic rings. The van der Waals surface area contributed by atoms with Gasteiger partial charge in [-0.25, -0.2) is 15.0 Å². The maximum atomic E-state index is 10.8. The Morgan fingerprint density at radius 2 is 2.00 bits per heavy atom. The normalized spacial score (nSPS) is 23.6. The molecule has 3 heterocycles. The number of fused-ring (bicyclic) bond motifs is 1. The van der Waals surface area contributed by atoms with Crippen LogP contribution in [0.5, 0.6) is 0 Å². The molecule has 3 aromatic rings. The Bertz CT molecular complexity index is 1120. The Hall–Kier alpha value is -2.48. The van der Waals surface area contributed by atoms with E-state index in [1.54, 1.807) is 28.8 Å². The van der Waals surface area contributed by atoms with Crippen molar-refractivity contribution in [1.82, 2.24) is 19.5 Å². The first kappa shape index (κ1) is 23.7. The number of aliphatic hydroxyl groups excluding tert-OH is 2. The number of hydrogen-bond acceptors (Lipinski definition) is 10. The van der Waals surface area contributed by atoms with Gasteiger partial charge in [-0.15, -0.1) is 0 Å². The lowest BCUT2D eigenvalue weighted by atomic mass is 10.1. The number of imidazole rings is 1. The average Bonchev–Trinajstić information content (AvgIpc) is 3.35. The maximum Gasteiger partial charge on any atom is 0.320 e. The van der Waals surface area contributed by atoms with Gasteiger partial charge in [0.2, 0.25) is 0 Å². The second-order valence-electron chi connectivity index (χ2n) is 7.53. The van der Waals surface area contributed by atoms with E-state index in [2.05, 4.69) is 20.3 Å². The number of carboxylic acid groups (broad SMARTS) is 1. The molecule has 5 atom stereocenters. The molecular weight excluding hydrogens is 472 g/mol. The lowest BCUT2D eigenvalue weighted by Gasteiger charge is -2.16. The van der Waals surface area contributed by atoms with Crippen molar-refractivity contribution in [3.8, 4) is 0 Å². The van der Waals surface area contributed by atoms with E-state index < -0.39 is 36.6 Å². The number of ether oxygens (including phenoxy) is 1. The van der Waals surface area contributed by atoms with E-state index in [1.807, 2.05) is 0 Å². The highest BCUT2D eigenvalue weighted by molar-refractivity contribution is 7.99. The van der Waals surface area contributed by atoms with Crippen LogP contribution in [0.3, 0.4) is 0 Å². The number of anilines is 2. The summed E-state index contributed by atoms with van der Waals surface area (Å²) in [5.74, 6) is 0.270. The van der Waals surface area contributed by atoms with Gasteiger partial charge in [-0.05, 0) is 36.4 Å². The van der Waals surface area contributed by atoms with Crippen LogP contribution in [0, 0.1) is 0 Å². The molecule has 1 aromatic carbocycles. The van der Waals surface area contributed by atoms with E-state index in [4.69, 9.17) is 27.2 Å². The van der Waals surface area contributed by atoms with Crippen molar-refractivity contribution in [3.63, 3.8) is 0 Å². The second-order valence-corrected chi connectivity index (χ2v) is 9.12. The van der Waals surface area contributed by atoms with E-state index in [0.29, 0.717) is 39.9 Å². The summed E-state index contributed by atoms with van der Waals surface area (Å²) in [4.78, 5) is 23.7. The van der Waals surface area contributed by atoms with Crippen LogP contribution in [0.25, 0.3) is 11.2 Å². The van der Waals surface area contributed by atoms with Gasteiger partial charge in [-0.2, -0.15) is 11.8 Å². The number of nitrogens with one attached hydrogen (secondary N) is 1. The van der Waals surface area contributed by atoms with Crippen LogP contribution in [0.2, 0.25) is 5.02 Å². The summed E-state index contributed by atoms with van der Waals surface area (Å²) in [7, 11) is 0. The summed E-state index contributed by atoms with van der Waals surface area (Å²) in [5, 5.41) is 33.7. The van der Waals surface area contributed by atoms with Crippen molar-refractivity contribution in [1.29, 1.82) is 0 Å². The van der Waals surface area contributed by atoms with Crippen molar-refractivity contribution in [2.45, 2.75) is 37.0 Å². The number of rotatable bonds is 9. The summed E-state index contributed by atoms with van der Waals surface area (Å²) < 4.78 is 7.48. The molecule has 0 radical (unpaired) electrons. The number of nitrogens with two attached hydrogens (primary N) is 1. The smallest absolute Gasteiger partial charge is 0.320 e. The van der Waals surface area contributed by atoms with E-state index in [0.717, 1.165) is 5.69 Å². The van der Waals surface area contributed by atoms with Gasteiger partial charge in [0, 0.05) is 16.5 Å². The van der Waals surface area contributed by atoms with Gasteiger partial charge in [0.25, 0.3) is 0 Å². The van der Waals surface area contributed by atoms with Gasteiger partial charge in [0.1, 0.15) is 24.6 Å². The largest absolute Gasteiger partial charge is 0.480 e. The van der Waals surface area contributed by atoms with Crippen molar-refractivity contribution < 1.29 is 24.9 Å². The predicted molar refractivity (Wildman–Crippen MR) is 124 cm³/mol. The van der Waals surface area contributed by atoms with E-state index in [9.17, 15) is 15.0 Å². The van der Waals surface area contributed by atoms with Crippen molar-refractivity contribution >= 4 is 52.0 Å². The lowest BCUT2D eigenvalue weighted by Crippen LogP contribution is -2.33. The summed E-state index contributed by atoms with van der Waals surface area (Å²) >= 11 is 7.33. The van der Waals surface area contributed by atoms with Crippen LogP contribution in [0.4, 0.5) is 11.5 Å². The predicted octanol–water partition coefficient (Wildman–Crippen LogP) is 1.38. The topological polar surface area (TPSA) is 169 Å². The van der Waals surface area contributed by atoms with Gasteiger partial charge in [0.15, 0.2) is 23.2 Å². The minimum Gasteiger partial charge on any atom is -0.480 e. The number of halogens is 1. The highest BCUT2D eigenvalue weighted by Gasteiger charge is 2.44. The van der Waals surface area contributed by atoms with Gasteiger partial charge in [0.05, 0.1) is 12.4 Å². The first-order chi connectivity index (χ1) is 15.8. The average molecular weight is 495 g/mol. The van der Waals surface area contributed by atoms with Gasteiger partial charge in [-0.3, -0.25) is 9.36 Å². The third-order valence-electron chi connectivity index (χ3n) is 5.25. The molecule has 176 valence electrons. The molecule has 4 rings (SSSR count). The SMILES string of the molecule is N[C@@H](CCSC[C@H]1O[C@@H](n2cnc3c(Nc4ccc(Cl)cc4)ncnc32)[C@H](O)[C@@H]1O)C(=O)O. The number of aliphatic hydroxyl groups is 2. The van der Waals surface area contributed by atoms with Crippen LogP contribution in [-0.4, -0.2) is 76.7 Å². The monoisotopic (exact) mass is 494 g/mol. The molecule has 33 heavy (non-hydrogen) atoms. The number of thioether (sulfide) groups is 1. The zero-order valence-electron chi connectivity index (χ0n) is 17.3. The molecule has 0 unspecified atom stereocenters.